The molecule has 7 N–H and O–H groups in total. The summed E-state index contributed by atoms with van der Waals surface area (Å²) in [7, 11) is 0. The Hall–Kier alpha value is -1.92. The van der Waals surface area contributed by atoms with E-state index in [-0.39, 0.29) is 33.4 Å². The predicted molar refractivity (Wildman–Crippen MR) is 92.7 cm³/mol. The number of nitrogens with zero attached hydrogens (tertiary/aromatic N) is 1. The van der Waals surface area contributed by atoms with Crippen molar-refractivity contribution in [2.24, 2.45) is 16.5 Å². The predicted octanol–water partition coefficient (Wildman–Crippen LogP) is 1.44. The molecular formula is C17H21N4O3W-. The first-order chi connectivity index (χ1) is 11.4. The second kappa shape index (κ2) is 10.2. The van der Waals surface area contributed by atoms with Crippen molar-refractivity contribution in [1.29, 1.82) is 0 Å². The molecule has 134 valence electrons. The van der Waals surface area contributed by atoms with E-state index in [1.165, 1.54) is 0 Å². The van der Waals surface area contributed by atoms with Crippen molar-refractivity contribution in [3.8, 4) is 5.75 Å². The zero-order valence-corrected chi connectivity index (χ0v) is 16.4. The van der Waals surface area contributed by atoms with Crippen LogP contribution in [0.4, 0.5) is 5.69 Å². The number of rotatable bonds is 7. The molecule has 2 rings (SSSR count). The van der Waals surface area contributed by atoms with Crippen molar-refractivity contribution in [3.63, 3.8) is 0 Å². The molecule has 0 radical (unpaired) electrons. The summed E-state index contributed by atoms with van der Waals surface area (Å²) in [6, 6.07) is 13.6. The minimum absolute atomic E-state index is 0. The number of nitrogens with two attached hydrogens (primary N) is 2. The number of benzene rings is 2. The third-order valence-corrected chi connectivity index (χ3v) is 3.31. The molecule has 0 spiro atoms. The fourth-order valence-corrected chi connectivity index (χ4v) is 2.11. The third kappa shape index (κ3) is 7.23. The van der Waals surface area contributed by atoms with Gasteiger partial charge in [0.05, 0.1) is 5.69 Å². The van der Waals surface area contributed by atoms with E-state index < -0.39 is 12.3 Å². The van der Waals surface area contributed by atoms with Gasteiger partial charge >= 0.3 is 0 Å². The summed E-state index contributed by atoms with van der Waals surface area (Å²) in [5.74, 6) is 0.682. The van der Waals surface area contributed by atoms with Crippen molar-refractivity contribution in [3.05, 3.63) is 65.4 Å². The van der Waals surface area contributed by atoms with Gasteiger partial charge in [-0.2, -0.15) is 0 Å². The molecule has 0 aliphatic rings. The van der Waals surface area contributed by atoms with E-state index in [1.54, 1.807) is 30.3 Å². The minimum atomic E-state index is -1.64. The van der Waals surface area contributed by atoms with E-state index in [9.17, 15) is 0 Å². The molecule has 0 heterocycles. The second-order valence-electron chi connectivity index (χ2n) is 5.36. The van der Waals surface area contributed by atoms with Crippen LogP contribution in [0.25, 0.3) is 5.73 Å². The summed E-state index contributed by atoms with van der Waals surface area (Å²) >= 11 is 0. The molecule has 0 bridgehead atoms. The maximum atomic E-state index is 8.94. The first-order valence-corrected chi connectivity index (χ1v) is 7.41. The van der Waals surface area contributed by atoms with Gasteiger partial charge in [0, 0.05) is 21.1 Å². The van der Waals surface area contributed by atoms with E-state index >= 15 is 0 Å². The number of nitrogens with one attached hydrogen (secondary N) is 1. The van der Waals surface area contributed by atoms with Gasteiger partial charge in [0.15, 0.2) is 5.96 Å². The molecule has 0 aliphatic carbocycles. The molecule has 0 aromatic heterocycles. The van der Waals surface area contributed by atoms with E-state index in [2.05, 4.69) is 4.99 Å². The summed E-state index contributed by atoms with van der Waals surface area (Å²) in [5, 5.41) is 17.9. The number of hydrogen-bond donors (Lipinski definition) is 4. The molecule has 1 atom stereocenters. The SMILES string of the molecule is [NH-]C(Cc1ccc(OCc2cccc(N=C(N)N)c2)cc1)C(O)O.[W]. The van der Waals surface area contributed by atoms with Crippen molar-refractivity contribution in [2.75, 3.05) is 0 Å². The van der Waals surface area contributed by atoms with Crippen molar-refractivity contribution >= 4 is 11.6 Å². The van der Waals surface area contributed by atoms with Crippen molar-refractivity contribution in [1.82, 2.24) is 0 Å². The molecule has 8 heteroatoms. The summed E-state index contributed by atoms with van der Waals surface area (Å²) in [4.78, 5) is 3.99. The van der Waals surface area contributed by atoms with Crippen LogP contribution in [0.5, 0.6) is 5.75 Å². The topological polar surface area (TPSA) is 138 Å². The molecule has 0 saturated heterocycles. The van der Waals surface area contributed by atoms with Crippen molar-refractivity contribution < 1.29 is 36.0 Å². The van der Waals surface area contributed by atoms with Crippen LogP contribution in [0.1, 0.15) is 11.1 Å². The first-order valence-electron chi connectivity index (χ1n) is 7.41. The Bertz CT molecular complexity index is 689. The van der Waals surface area contributed by atoms with Crippen molar-refractivity contribution in [2.45, 2.75) is 25.4 Å². The van der Waals surface area contributed by atoms with Gasteiger partial charge in [0.2, 0.25) is 0 Å². The Morgan fingerprint density at radius 2 is 1.76 bits per heavy atom. The normalized spacial score (nSPS) is 11.5. The molecule has 1 unspecified atom stereocenters. The molecule has 0 amide bonds. The van der Waals surface area contributed by atoms with E-state index in [0.29, 0.717) is 18.0 Å². The van der Waals surface area contributed by atoms with E-state index in [0.717, 1.165) is 11.1 Å². The molecule has 25 heavy (non-hydrogen) atoms. The number of guanidine groups is 1. The van der Waals surface area contributed by atoms with Gasteiger partial charge in [-0.1, -0.05) is 30.3 Å². The van der Waals surface area contributed by atoms with Gasteiger partial charge in [-0.3, -0.25) is 0 Å². The maximum Gasteiger partial charge on any atom is 0.191 e. The first kappa shape index (κ1) is 21.1. The summed E-state index contributed by atoms with van der Waals surface area (Å²) in [6.45, 7) is 0.365. The van der Waals surface area contributed by atoms with Gasteiger partial charge in [-0.05, 0) is 41.8 Å². The molecule has 2 aromatic rings. The number of aliphatic imine (C=N–C) groups is 1. The Balaban J connectivity index is 0.00000312. The summed E-state index contributed by atoms with van der Waals surface area (Å²) in [5.41, 5.74) is 20.7. The molecular weight excluding hydrogens is 492 g/mol. The number of ether oxygens (including phenoxy) is 1. The molecule has 2 aromatic carbocycles. The largest absolute Gasteiger partial charge is 0.670 e. The smallest absolute Gasteiger partial charge is 0.191 e. The van der Waals surface area contributed by atoms with Gasteiger partial charge < -0.3 is 32.2 Å². The maximum absolute atomic E-state index is 8.94. The average Bonchev–Trinajstić information content (AvgIpc) is 2.54. The van der Waals surface area contributed by atoms with Gasteiger partial charge in [0.25, 0.3) is 0 Å². The second-order valence-corrected chi connectivity index (χ2v) is 5.36. The molecule has 0 aliphatic heterocycles. The zero-order valence-electron chi connectivity index (χ0n) is 13.5. The number of hydrogen-bond acceptors (Lipinski definition) is 4. The van der Waals surface area contributed by atoms with Crippen LogP contribution in [0, 0.1) is 0 Å². The quantitative estimate of drug-likeness (QED) is 0.252. The summed E-state index contributed by atoms with van der Waals surface area (Å²) in [6.07, 6.45) is -1.38. The standard InChI is InChI=1S/C17H21N4O3.W/c18-15(16(22)23)9-11-4-6-14(7-5-11)24-10-12-2-1-3-13(8-12)21-17(19)20;/h1-8,15-16,18,22-23H,9-10H2,(H4,19,20,21);/q-1;. The third-order valence-electron chi connectivity index (χ3n) is 3.31. The van der Waals surface area contributed by atoms with Crippen LogP contribution < -0.4 is 16.2 Å². The minimum Gasteiger partial charge on any atom is -0.670 e. The zero-order chi connectivity index (χ0) is 17.5. The van der Waals surface area contributed by atoms with Crippen LogP contribution in [0.2, 0.25) is 0 Å². The summed E-state index contributed by atoms with van der Waals surface area (Å²) < 4.78 is 5.70. The van der Waals surface area contributed by atoms with Gasteiger partial charge in [0.1, 0.15) is 18.6 Å². The Kier molecular flexibility index (Phi) is 8.58. The molecule has 7 nitrogen and oxygen atoms in total. The fraction of sp³-hybridized carbons (Fsp3) is 0.235. The van der Waals surface area contributed by atoms with Gasteiger partial charge in [-0.15, -0.1) is 0 Å². The molecule has 0 saturated carbocycles. The Morgan fingerprint density at radius 3 is 2.36 bits per heavy atom. The monoisotopic (exact) mass is 513 g/mol. The average molecular weight is 513 g/mol. The Morgan fingerprint density at radius 1 is 1.08 bits per heavy atom. The van der Waals surface area contributed by atoms with Crippen LogP contribution in [-0.4, -0.2) is 28.5 Å². The van der Waals surface area contributed by atoms with E-state index in [1.807, 2.05) is 18.2 Å². The van der Waals surface area contributed by atoms with Crippen LogP contribution in [0.15, 0.2) is 53.5 Å². The Labute approximate surface area is 160 Å². The van der Waals surface area contributed by atoms with Crippen LogP contribution in [-0.2, 0) is 34.1 Å². The molecule has 0 fully saturated rings. The number of aliphatic hydroxyl groups is 2. The van der Waals surface area contributed by atoms with Crippen LogP contribution in [0.3, 0.4) is 0 Å². The van der Waals surface area contributed by atoms with Crippen LogP contribution >= 0.6 is 0 Å². The fourth-order valence-electron chi connectivity index (χ4n) is 2.11. The number of aliphatic hydroxyl groups excluding tert-OH is 1. The van der Waals surface area contributed by atoms with Gasteiger partial charge in [-0.25, -0.2) is 4.99 Å². The van der Waals surface area contributed by atoms with E-state index in [4.69, 9.17) is 32.2 Å².